The quantitative estimate of drug-likeness (QED) is 0.310. The summed E-state index contributed by atoms with van der Waals surface area (Å²) >= 11 is 0. The summed E-state index contributed by atoms with van der Waals surface area (Å²) in [4.78, 5) is 4.34. The third-order valence-electron chi connectivity index (χ3n) is 4.42. The van der Waals surface area contributed by atoms with Gasteiger partial charge in [0, 0.05) is 19.2 Å². The molecule has 160 valence electrons. The fourth-order valence-corrected chi connectivity index (χ4v) is 2.95. The fourth-order valence-electron chi connectivity index (χ4n) is 2.95. The van der Waals surface area contributed by atoms with Gasteiger partial charge in [-0.15, -0.1) is 24.0 Å². The van der Waals surface area contributed by atoms with E-state index in [0.717, 1.165) is 28.4 Å². The minimum Gasteiger partial charge on any atom is -0.496 e. The molecule has 0 aliphatic carbocycles. The molecule has 0 saturated heterocycles. The van der Waals surface area contributed by atoms with E-state index in [4.69, 9.17) is 14.2 Å². The summed E-state index contributed by atoms with van der Waals surface area (Å²) in [5.74, 6) is 3.04. The molecule has 6 nitrogen and oxygen atoms in total. The van der Waals surface area contributed by atoms with Crippen LogP contribution in [0.25, 0.3) is 0 Å². The van der Waals surface area contributed by atoms with Crippen molar-refractivity contribution >= 4 is 29.9 Å². The summed E-state index contributed by atoms with van der Waals surface area (Å²) < 4.78 is 16.5. The van der Waals surface area contributed by atoms with Crippen LogP contribution in [0.15, 0.2) is 41.4 Å². The Morgan fingerprint density at radius 3 is 2.34 bits per heavy atom. The van der Waals surface area contributed by atoms with Gasteiger partial charge in [-0.1, -0.05) is 23.8 Å². The van der Waals surface area contributed by atoms with E-state index in [0.29, 0.717) is 19.1 Å². The van der Waals surface area contributed by atoms with E-state index in [1.54, 1.807) is 21.3 Å². The van der Waals surface area contributed by atoms with Gasteiger partial charge < -0.3 is 24.8 Å². The van der Waals surface area contributed by atoms with Gasteiger partial charge in [0.25, 0.3) is 0 Å². The Kier molecular flexibility index (Phi) is 10.6. The highest BCUT2D eigenvalue weighted by Gasteiger charge is 2.13. The number of methoxy groups -OCH3 is 2. The summed E-state index contributed by atoms with van der Waals surface area (Å²) in [5.41, 5.74) is 3.36. The molecule has 0 bridgehead atoms. The van der Waals surface area contributed by atoms with Gasteiger partial charge in [-0.25, -0.2) is 0 Å². The molecule has 1 unspecified atom stereocenters. The topological polar surface area (TPSA) is 64.1 Å². The molecule has 29 heavy (non-hydrogen) atoms. The number of benzene rings is 2. The Labute approximate surface area is 191 Å². The van der Waals surface area contributed by atoms with Crippen LogP contribution < -0.4 is 24.8 Å². The molecule has 2 aromatic carbocycles. The lowest BCUT2D eigenvalue weighted by atomic mass is 10.0. The first-order valence-electron chi connectivity index (χ1n) is 9.43. The number of aliphatic imine (C=N–C) groups is 1. The molecule has 0 radical (unpaired) electrons. The highest BCUT2D eigenvalue weighted by atomic mass is 127. The zero-order valence-corrected chi connectivity index (χ0v) is 20.4. The summed E-state index contributed by atoms with van der Waals surface area (Å²) in [6.07, 6.45) is 0. The van der Waals surface area contributed by atoms with Crippen molar-refractivity contribution in [2.75, 3.05) is 27.9 Å². The van der Waals surface area contributed by atoms with Crippen LogP contribution >= 0.6 is 24.0 Å². The van der Waals surface area contributed by atoms with Crippen molar-refractivity contribution in [3.63, 3.8) is 0 Å². The summed E-state index contributed by atoms with van der Waals surface area (Å²) in [6.45, 7) is 7.32. The fraction of sp³-hybridized carbons (Fsp3) is 0.409. The second-order valence-electron chi connectivity index (χ2n) is 6.46. The van der Waals surface area contributed by atoms with Gasteiger partial charge in [0.1, 0.15) is 5.75 Å². The number of ether oxygens (including phenoxy) is 3. The molecule has 0 heterocycles. The third-order valence-corrected chi connectivity index (χ3v) is 4.42. The van der Waals surface area contributed by atoms with Crippen LogP contribution in [-0.4, -0.2) is 33.8 Å². The van der Waals surface area contributed by atoms with Crippen LogP contribution in [0.3, 0.4) is 0 Å². The molecule has 0 amide bonds. The van der Waals surface area contributed by atoms with Crippen molar-refractivity contribution in [2.24, 2.45) is 4.99 Å². The lowest BCUT2D eigenvalue weighted by Gasteiger charge is -2.21. The van der Waals surface area contributed by atoms with Crippen molar-refractivity contribution < 1.29 is 14.2 Å². The molecule has 2 aromatic rings. The van der Waals surface area contributed by atoms with Crippen molar-refractivity contribution in [1.29, 1.82) is 0 Å². The summed E-state index contributed by atoms with van der Waals surface area (Å²) in [5, 5.41) is 6.77. The first-order valence-corrected chi connectivity index (χ1v) is 9.43. The van der Waals surface area contributed by atoms with Crippen LogP contribution in [-0.2, 0) is 6.54 Å². The Balaban J connectivity index is 0.00000420. The Bertz CT molecular complexity index is 812. The maximum absolute atomic E-state index is 5.65. The van der Waals surface area contributed by atoms with E-state index in [-0.39, 0.29) is 30.0 Å². The standard InChI is InChI=1S/C22H31N3O3.HI/c1-7-28-21-13-17(9-11-20(21)27-6)14-24-22(23-4)25-16(3)18-12-15(2)8-10-19(18)26-5;/h8-13,16H,7,14H2,1-6H3,(H2,23,24,25);1H. The molecule has 0 saturated carbocycles. The maximum Gasteiger partial charge on any atom is 0.191 e. The van der Waals surface area contributed by atoms with Crippen LogP contribution in [0.5, 0.6) is 17.2 Å². The average molecular weight is 513 g/mol. The number of nitrogens with zero attached hydrogens (tertiary/aromatic N) is 1. The lowest BCUT2D eigenvalue weighted by Crippen LogP contribution is -2.38. The molecular weight excluding hydrogens is 481 g/mol. The predicted molar refractivity (Wildman–Crippen MR) is 129 cm³/mol. The summed E-state index contributed by atoms with van der Waals surface area (Å²) in [6, 6.07) is 12.1. The van der Waals surface area contributed by atoms with Crippen LogP contribution in [0.4, 0.5) is 0 Å². The van der Waals surface area contributed by atoms with Crippen LogP contribution in [0, 0.1) is 6.92 Å². The number of aryl methyl sites for hydroxylation is 1. The van der Waals surface area contributed by atoms with E-state index in [1.807, 2.05) is 37.3 Å². The second kappa shape index (κ2) is 12.4. The van der Waals surface area contributed by atoms with Crippen molar-refractivity contribution in [2.45, 2.75) is 33.4 Å². The normalized spacial score (nSPS) is 11.9. The summed E-state index contributed by atoms with van der Waals surface area (Å²) in [7, 11) is 5.09. The SMILES string of the molecule is CCOc1cc(CNC(=NC)NC(C)c2cc(C)ccc2OC)ccc1OC.I. The molecule has 0 spiro atoms. The predicted octanol–water partition coefficient (Wildman–Crippen LogP) is 4.46. The van der Waals surface area contributed by atoms with E-state index in [1.165, 1.54) is 5.56 Å². The number of hydrogen-bond donors (Lipinski definition) is 2. The molecule has 0 fully saturated rings. The minimum atomic E-state index is 0. The molecule has 1 atom stereocenters. The van der Waals surface area contributed by atoms with Gasteiger partial charge in [0.2, 0.25) is 0 Å². The highest BCUT2D eigenvalue weighted by molar-refractivity contribution is 14.0. The van der Waals surface area contributed by atoms with Gasteiger partial charge in [-0.3, -0.25) is 4.99 Å². The van der Waals surface area contributed by atoms with E-state index >= 15 is 0 Å². The first-order chi connectivity index (χ1) is 13.5. The van der Waals surface area contributed by atoms with E-state index < -0.39 is 0 Å². The Morgan fingerprint density at radius 1 is 1.03 bits per heavy atom. The molecule has 2 rings (SSSR count). The molecule has 0 aromatic heterocycles. The zero-order chi connectivity index (χ0) is 20.5. The number of nitrogens with one attached hydrogen (secondary N) is 2. The van der Waals surface area contributed by atoms with Gasteiger partial charge in [-0.05, 0) is 44.5 Å². The van der Waals surface area contributed by atoms with Gasteiger partial charge in [0.05, 0.1) is 26.9 Å². The molecular formula is C22H32IN3O3. The van der Waals surface area contributed by atoms with Gasteiger partial charge in [-0.2, -0.15) is 0 Å². The van der Waals surface area contributed by atoms with Crippen LogP contribution in [0.1, 0.15) is 36.6 Å². The van der Waals surface area contributed by atoms with Crippen molar-refractivity contribution in [1.82, 2.24) is 10.6 Å². The maximum atomic E-state index is 5.65. The van der Waals surface area contributed by atoms with Crippen molar-refractivity contribution in [3.8, 4) is 17.2 Å². The average Bonchev–Trinajstić information content (AvgIpc) is 2.71. The highest BCUT2D eigenvalue weighted by Crippen LogP contribution is 2.28. The number of halogens is 1. The molecule has 0 aliphatic rings. The number of hydrogen-bond acceptors (Lipinski definition) is 4. The number of guanidine groups is 1. The smallest absolute Gasteiger partial charge is 0.191 e. The second-order valence-corrected chi connectivity index (χ2v) is 6.46. The molecule has 7 heteroatoms. The first kappa shape index (κ1) is 24.9. The van der Waals surface area contributed by atoms with Crippen molar-refractivity contribution in [3.05, 3.63) is 53.1 Å². The third kappa shape index (κ3) is 6.99. The lowest BCUT2D eigenvalue weighted by molar-refractivity contribution is 0.310. The zero-order valence-electron chi connectivity index (χ0n) is 18.0. The van der Waals surface area contributed by atoms with Gasteiger partial charge >= 0.3 is 0 Å². The largest absolute Gasteiger partial charge is 0.496 e. The van der Waals surface area contributed by atoms with E-state index in [9.17, 15) is 0 Å². The Hall–Kier alpha value is -2.16. The number of rotatable bonds is 8. The molecule has 0 aliphatic heterocycles. The van der Waals surface area contributed by atoms with Crippen LogP contribution in [0.2, 0.25) is 0 Å². The van der Waals surface area contributed by atoms with E-state index in [2.05, 4.69) is 35.5 Å². The minimum absolute atomic E-state index is 0. The Morgan fingerprint density at radius 2 is 1.72 bits per heavy atom. The van der Waals surface area contributed by atoms with Gasteiger partial charge in [0.15, 0.2) is 17.5 Å². The monoisotopic (exact) mass is 513 g/mol. The molecule has 2 N–H and O–H groups in total.